The molecular formula is C12H14BrNO3S. The van der Waals surface area contributed by atoms with Crippen LogP contribution in [-0.2, 0) is 9.59 Å². The van der Waals surface area contributed by atoms with E-state index in [-0.39, 0.29) is 5.91 Å². The minimum atomic E-state index is -1.00. The number of carboxylic acids is 1. The summed E-state index contributed by atoms with van der Waals surface area (Å²) in [5.41, 5.74) is 0. The number of hydrogen-bond acceptors (Lipinski definition) is 3. The maximum absolute atomic E-state index is 11.5. The molecule has 0 unspecified atom stereocenters. The fourth-order valence-corrected chi connectivity index (χ4v) is 2.67. The molecule has 1 rings (SSSR count). The van der Waals surface area contributed by atoms with Gasteiger partial charge in [-0.2, -0.15) is 0 Å². The Labute approximate surface area is 118 Å². The SMILES string of the molecule is CCC[C@@H](NC(=O)/C=C/c1ccc(Br)s1)C(=O)O. The second kappa shape index (κ2) is 7.33. The van der Waals surface area contributed by atoms with Crippen molar-refractivity contribution in [1.29, 1.82) is 0 Å². The molecule has 0 saturated carbocycles. The van der Waals surface area contributed by atoms with Crippen LogP contribution in [0, 0.1) is 0 Å². The molecule has 1 amide bonds. The molecule has 2 N–H and O–H groups in total. The summed E-state index contributed by atoms with van der Waals surface area (Å²) in [5.74, 6) is -1.39. The quantitative estimate of drug-likeness (QED) is 0.787. The molecule has 1 heterocycles. The van der Waals surface area contributed by atoms with Gasteiger partial charge >= 0.3 is 5.97 Å². The van der Waals surface area contributed by atoms with Gasteiger partial charge in [-0.05, 0) is 40.6 Å². The molecule has 1 atom stereocenters. The van der Waals surface area contributed by atoms with E-state index in [9.17, 15) is 9.59 Å². The number of carboxylic acid groups (broad SMARTS) is 1. The van der Waals surface area contributed by atoms with Crippen molar-refractivity contribution in [3.8, 4) is 0 Å². The van der Waals surface area contributed by atoms with Crippen molar-refractivity contribution in [2.24, 2.45) is 0 Å². The molecule has 0 fully saturated rings. The van der Waals surface area contributed by atoms with Gasteiger partial charge in [0.1, 0.15) is 6.04 Å². The van der Waals surface area contributed by atoms with Crippen LogP contribution in [0.15, 0.2) is 22.0 Å². The van der Waals surface area contributed by atoms with Gasteiger partial charge in [0.25, 0.3) is 0 Å². The first-order chi connectivity index (χ1) is 8.52. The van der Waals surface area contributed by atoms with Crippen molar-refractivity contribution in [2.75, 3.05) is 0 Å². The van der Waals surface area contributed by atoms with Crippen LogP contribution in [0.25, 0.3) is 6.08 Å². The van der Waals surface area contributed by atoms with Crippen LogP contribution in [-0.4, -0.2) is 23.0 Å². The fourth-order valence-electron chi connectivity index (χ4n) is 1.34. The predicted octanol–water partition coefficient (Wildman–Crippen LogP) is 2.89. The molecule has 4 nitrogen and oxygen atoms in total. The highest BCUT2D eigenvalue weighted by Gasteiger charge is 2.17. The number of carbonyl (C=O) groups excluding carboxylic acids is 1. The van der Waals surface area contributed by atoms with Gasteiger partial charge < -0.3 is 10.4 Å². The number of carbonyl (C=O) groups is 2. The van der Waals surface area contributed by atoms with E-state index in [1.807, 2.05) is 19.1 Å². The van der Waals surface area contributed by atoms with Gasteiger partial charge in [-0.1, -0.05) is 13.3 Å². The maximum atomic E-state index is 11.5. The lowest BCUT2D eigenvalue weighted by Gasteiger charge is -2.11. The molecule has 6 heteroatoms. The average Bonchev–Trinajstić information content (AvgIpc) is 2.72. The fraction of sp³-hybridized carbons (Fsp3) is 0.333. The summed E-state index contributed by atoms with van der Waals surface area (Å²) in [4.78, 5) is 23.3. The number of nitrogens with one attached hydrogen (secondary N) is 1. The van der Waals surface area contributed by atoms with Crippen molar-refractivity contribution in [3.63, 3.8) is 0 Å². The molecule has 98 valence electrons. The zero-order valence-corrected chi connectivity index (χ0v) is 12.3. The number of rotatable bonds is 6. The van der Waals surface area contributed by atoms with Gasteiger partial charge in [-0.15, -0.1) is 11.3 Å². The van der Waals surface area contributed by atoms with E-state index in [4.69, 9.17) is 5.11 Å². The Balaban J connectivity index is 2.54. The predicted molar refractivity (Wildman–Crippen MR) is 75.5 cm³/mol. The van der Waals surface area contributed by atoms with Crippen molar-refractivity contribution < 1.29 is 14.7 Å². The number of hydrogen-bond donors (Lipinski definition) is 2. The molecule has 0 radical (unpaired) electrons. The van der Waals surface area contributed by atoms with Gasteiger partial charge in [0.05, 0.1) is 3.79 Å². The van der Waals surface area contributed by atoms with E-state index >= 15 is 0 Å². The van der Waals surface area contributed by atoms with Gasteiger partial charge in [0.15, 0.2) is 0 Å². The number of amides is 1. The highest BCUT2D eigenvalue weighted by atomic mass is 79.9. The van der Waals surface area contributed by atoms with Crippen LogP contribution in [0.5, 0.6) is 0 Å². The summed E-state index contributed by atoms with van der Waals surface area (Å²) in [7, 11) is 0. The lowest BCUT2D eigenvalue weighted by Crippen LogP contribution is -2.39. The molecule has 1 aromatic heterocycles. The first-order valence-corrected chi connectivity index (χ1v) is 7.10. The minimum absolute atomic E-state index is 0.389. The summed E-state index contributed by atoms with van der Waals surface area (Å²) in [6, 6.07) is 2.95. The molecule has 0 aliphatic heterocycles. The monoisotopic (exact) mass is 331 g/mol. The van der Waals surface area contributed by atoms with Crippen LogP contribution in [0.3, 0.4) is 0 Å². The Hall–Kier alpha value is -1.14. The summed E-state index contributed by atoms with van der Waals surface area (Å²) in [6.07, 6.45) is 4.15. The number of thiophene rings is 1. The minimum Gasteiger partial charge on any atom is -0.480 e. The van der Waals surface area contributed by atoms with Gasteiger partial charge in [0.2, 0.25) is 5.91 Å². The third-order valence-corrected chi connectivity index (χ3v) is 3.77. The molecule has 0 spiro atoms. The van der Waals surface area contributed by atoms with Gasteiger partial charge in [-0.3, -0.25) is 4.79 Å². The Morgan fingerprint density at radius 3 is 2.78 bits per heavy atom. The van der Waals surface area contributed by atoms with E-state index in [0.29, 0.717) is 12.8 Å². The first-order valence-electron chi connectivity index (χ1n) is 5.49. The standard InChI is InChI=1S/C12H14BrNO3S/c1-2-3-9(12(16)17)14-11(15)7-5-8-4-6-10(13)18-8/h4-7,9H,2-3H2,1H3,(H,14,15)(H,16,17)/b7-5+/t9-/m1/s1. The molecule has 18 heavy (non-hydrogen) atoms. The highest BCUT2D eigenvalue weighted by molar-refractivity contribution is 9.11. The second-order valence-electron chi connectivity index (χ2n) is 3.66. The third-order valence-electron chi connectivity index (χ3n) is 2.18. The molecular weight excluding hydrogens is 318 g/mol. The Morgan fingerprint density at radius 1 is 1.56 bits per heavy atom. The second-order valence-corrected chi connectivity index (χ2v) is 6.16. The van der Waals surface area contributed by atoms with Crippen LogP contribution in [0.2, 0.25) is 0 Å². The van der Waals surface area contributed by atoms with Crippen molar-refractivity contribution >= 4 is 45.2 Å². The Kier molecular flexibility index (Phi) is 6.07. The third kappa shape index (κ3) is 5.01. The molecule has 1 aromatic rings. The van der Waals surface area contributed by atoms with E-state index in [1.54, 1.807) is 6.08 Å². The van der Waals surface area contributed by atoms with E-state index in [0.717, 1.165) is 8.66 Å². The lowest BCUT2D eigenvalue weighted by atomic mass is 10.1. The van der Waals surface area contributed by atoms with Crippen LogP contribution in [0.4, 0.5) is 0 Å². The summed E-state index contributed by atoms with van der Waals surface area (Å²) in [6.45, 7) is 1.88. The maximum Gasteiger partial charge on any atom is 0.326 e. The van der Waals surface area contributed by atoms with Crippen LogP contribution < -0.4 is 5.32 Å². The summed E-state index contributed by atoms with van der Waals surface area (Å²) in [5, 5.41) is 11.4. The van der Waals surface area contributed by atoms with Crippen molar-refractivity contribution in [2.45, 2.75) is 25.8 Å². The molecule has 0 saturated heterocycles. The first kappa shape index (κ1) is 14.9. The van der Waals surface area contributed by atoms with Gasteiger partial charge in [-0.25, -0.2) is 4.79 Å². The van der Waals surface area contributed by atoms with Crippen molar-refractivity contribution in [1.82, 2.24) is 5.32 Å². The van der Waals surface area contributed by atoms with Crippen LogP contribution >= 0.6 is 27.3 Å². The molecule has 0 bridgehead atoms. The topological polar surface area (TPSA) is 66.4 Å². The summed E-state index contributed by atoms with van der Waals surface area (Å²) >= 11 is 4.82. The zero-order chi connectivity index (χ0) is 13.5. The lowest BCUT2D eigenvalue weighted by molar-refractivity contribution is -0.141. The summed E-state index contributed by atoms with van der Waals surface area (Å²) < 4.78 is 0.983. The number of halogens is 1. The van der Waals surface area contributed by atoms with E-state index in [2.05, 4.69) is 21.2 Å². The average molecular weight is 332 g/mol. The zero-order valence-electron chi connectivity index (χ0n) is 9.85. The molecule has 0 aliphatic rings. The van der Waals surface area contributed by atoms with E-state index in [1.165, 1.54) is 17.4 Å². The Bertz CT molecular complexity index is 456. The molecule has 0 aliphatic carbocycles. The number of aliphatic carboxylic acids is 1. The van der Waals surface area contributed by atoms with Gasteiger partial charge in [0, 0.05) is 11.0 Å². The van der Waals surface area contributed by atoms with E-state index < -0.39 is 12.0 Å². The Morgan fingerprint density at radius 2 is 2.28 bits per heavy atom. The van der Waals surface area contributed by atoms with Crippen molar-refractivity contribution in [3.05, 3.63) is 26.9 Å². The highest BCUT2D eigenvalue weighted by Crippen LogP contribution is 2.22. The molecule has 0 aromatic carbocycles. The smallest absolute Gasteiger partial charge is 0.326 e. The normalized spacial score (nSPS) is 12.6. The largest absolute Gasteiger partial charge is 0.480 e. The van der Waals surface area contributed by atoms with Crippen LogP contribution in [0.1, 0.15) is 24.6 Å².